The minimum Gasteiger partial charge on any atom is -0.392 e. The van der Waals surface area contributed by atoms with Crippen LogP contribution in [0.15, 0.2) is 84.0 Å². The first kappa shape index (κ1) is 33.6. The highest BCUT2D eigenvalue weighted by atomic mass is 35.5. The number of benzene rings is 4. The van der Waals surface area contributed by atoms with E-state index in [0.29, 0.717) is 25.2 Å². The number of halogens is 4. The smallest absolute Gasteiger partial charge is 0.392 e. The Morgan fingerprint density at radius 3 is 2.22 bits per heavy atom. The number of amides is 2. The SMILES string of the molecule is CC(O)CN(Cc1cccc(C(=O)Nc2cc3ccccc3cc2C(=O)NN=Cc2ccc(Cl)c(C(F)(F)F)c2)c1)CC(C)O. The number of nitrogens with one attached hydrogen (secondary N) is 2. The number of aliphatic hydroxyl groups is 2. The van der Waals surface area contributed by atoms with Gasteiger partial charge in [0, 0.05) is 25.2 Å². The molecular formula is C33H32ClF3N4O4. The Hall–Kier alpha value is -4.29. The highest BCUT2D eigenvalue weighted by Gasteiger charge is 2.33. The molecule has 0 aliphatic rings. The van der Waals surface area contributed by atoms with Crippen molar-refractivity contribution in [1.82, 2.24) is 10.3 Å². The van der Waals surface area contributed by atoms with Crippen molar-refractivity contribution in [2.24, 2.45) is 5.10 Å². The number of rotatable bonds is 11. The first-order valence-corrected chi connectivity index (χ1v) is 14.4. The number of nitrogens with zero attached hydrogens (tertiary/aromatic N) is 2. The maximum Gasteiger partial charge on any atom is 0.417 e. The summed E-state index contributed by atoms with van der Waals surface area (Å²) in [5.41, 5.74) is 2.75. The molecule has 4 aromatic carbocycles. The van der Waals surface area contributed by atoms with E-state index >= 15 is 0 Å². The van der Waals surface area contributed by atoms with E-state index < -0.39 is 40.8 Å². The van der Waals surface area contributed by atoms with E-state index in [0.717, 1.165) is 34.7 Å². The third kappa shape index (κ3) is 9.35. The molecule has 0 bridgehead atoms. The van der Waals surface area contributed by atoms with Crippen molar-refractivity contribution in [3.63, 3.8) is 0 Å². The van der Waals surface area contributed by atoms with E-state index in [2.05, 4.69) is 15.8 Å². The van der Waals surface area contributed by atoms with E-state index in [4.69, 9.17) is 11.6 Å². The van der Waals surface area contributed by atoms with E-state index in [-0.39, 0.29) is 16.8 Å². The van der Waals surface area contributed by atoms with Crippen molar-refractivity contribution in [1.29, 1.82) is 0 Å². The van der Waals surface area contributed by atoms with Crippen molar-refractivity contribution >= 4 is 46.1 Å². The van der Waals surface area contributed by atoms with Crippen LogP contribution in [0.3, 0.4) is 0 Å². The number of aliphatic hydroxyl groups excluding tert-OH is 2. The van der Waals surface area contributed by atoms with Gasteiger partial charge in [0.05, 0.1) is 40.3 Å². The monoisotopic (exact) mass is 640 g/mol. The molecule has 2 unspecified atom stereocenters. The van der Waals surface area contributed by atoms with E-state index in [1.165, 1.54) is 6.07 Å². The van der Waals surface area contributed by atoms with Crippen LogP contribution < -0.4 is 10.7 Å². The Balaban J connectivity index is 1.56. The van der Waals surface area contributed by atoms with E-state index in [9.17, 15) is 33.0 Å². The van der Waals surface area contributed by atoms with Gasteiger partial charge >= 0.3 is 6.18 Å². The number of alkyl halides is 3. The largest absolute Gasteiger partial charge is 0.417 e. The predicted molar refractivity (Wildman–Crippen MR) is 168 cm³/mol. The predicted octanol–water partition coefficient (Wildman–Crippen LogP) is 6.09. The fourth-order valence-electron chi connectivity index (χ4n) is 4.81. The molecule has 0 spiro atoms. The molecule has 4 aromatic rings. The first-order chi connectivity index (χ1) is 21.3. The Bertz CT molecular complexity index is 1700. The van der Waals surface area contributed by atoms with Crippen molar-refractivity contribution in [3.8, 4) is 0 Å². The average molecular weight is 641 g/mol. The molecule has 236 valence electrons. The molecule has 45 heavy (non-hydrogen) atoms. The van der Waals surface area contributed by atoms with Crippen molar-refractivity contribution < 1.29 is 33.0 Å². The Labute approximate surface area is 263 Å². The molecule has 0 saturated carbocycles. The molecule has 0 aromatic heterocycles. The molecule has 4 N–H and O–H groups in total. The van der Waals surface area contributed by atoms with Gasteiger partial charge in [0.2, 0.25) is 0 Å². The minimum absolute atomic E-state index is 0.0689. The normalized spacial score (nSPS) is 13.3. The molecule has 8 nitrogen and oxygen atoms in total. The summed E-state index contributed by atoms with van der Waals surface area (Å²) in [4.78, 5) is 28.5. The summed E-state index contributed by atoms with van der Waals surface area (Å²) in [5.74, 6) is -1.18. The molecule has 0 aliphatic carbocycles. The number of carbonyl (C=O) groups is 2. The lowest BCUT2D eigenvalue weighted by molar-refractivity contribution is -0.137. The third-order valence-corrected chi connectivity index (χ3v) is 7.02. The molecule has 2 atom stereocenters. The number of hydrazone groups is 1. The van der Waals surface area contributed by atoms with Gasteiger partial charge in [0.15, 0.2) is 0 Å². The Kier molecular flexibility index (Phi) is 10.9. The Morgan fingerprint density at radius 1 is 0.911 bits per heavy atom. The molecule has 0 fully saturated rings. The number of anilines is 1. The van der Waals surface area contributed by atoms with Gasteiger partial charge in [-0.25, -0.2) is 5.43 Å². The topological polar surface area (TPSA) is 114 Å². The summed E-state index contributed by atoms with van der Waals surface area (Å²) in [5, 5.41) is 27.3. The lowest BCUT2D eigenvalue weighted by atomic mass is 10.0. The summed E-state index contributed by atoms with van der Waals surface area (Å²) >= 11 is 5.67. The van der Waals surface area contributed by atoms with Gasteiger partial charge in [-0.1, -0.05) is 54.1 Å². The van der Waals surface area contributed by atoms with E-state index in [1.54, 1.807) is 56.3 Å². The summed E-state index contributed by atoms with van der Waals surface area (Å²) in [6.07, 6.45) is -4.81. The maximum absolute atomic E-state index is 13.4. The highest BCUT2D eigenvalue weighted by Crippen LogP contribution is 2.35. The van der Waals surface area contributed by atoms with Gasteiger partial charge in [-0.2, -0.15) is 18.3 Å². The third-order valence-electron chi connectivity index (χ3n) is 6.69. The van der Waals surface area contributed by atoms with Crippen LogP contribution in [0.25, 0.3) is 10.8 Å². The van der Waals surface area contributed by atoms with Crippen LogP contribution in [0.4, 0.5) is 18.9 Å². The number of fused-ring (bicyclic) bond motifs is 1. The summed E-state index contributed by atoms with van der Waals surface area (Å²) in [6, 6.07) is 20.6. The van der Waals surface area contributed by atoms with Gasteiger partial charge in [-0.3, -0.25) is 14.5 Å². The molecule has 12 heteroatoms. The van der Waals surface area contributed by atoms with Crippen LogP contribution >= 0.6 is 11.6 Å². The zero-order chi connectivity index (χ0) is 32.7. The molecule has 0 radical (unpaired) electrons. The first-order valence-electron chi connectivity index (χ1n) is 14.0. The molecule has 0 heterocycles. The summed E-state index contributed by atoms with van der Waals surface area (Å²) in [6.45, 7) is 4.37. The van der Waals surface area contributed by atoms with Crippen LogP contribution in [0.1, 0.15) is 51.3 Å². The molecule has 2 amide bonds. The highest BCUT2D eigenvalue weighted by molar-refractivity contribution is 6.31. The lowest BCUT2D eigenvalue weighted by Crippen LogP contribution is -2.35. The molecule has 0 saturated heterocycles. The standard InChI is InChI=1S/C33H32ClF3N4O4/c1-20(42)17-41(18-21(2)43)19-23-6-5-9-26(12-23)31(44)39-30-15-25-8-4-3-7-24(25)14-27(30)32(45)40-38-16-22-10-11-29(34)28(13-22)33(35,36)37/h3-16,20-21,42-43H,17-19H2,1-2H3,(H,39,44)(H,40,45). The fraction of sp³-hybridized carbons (Fsp3) is 0.242. The van der Waals surface area contributed by atoms with Crippen LogP contribution in [0.5, 0.6) is 0 Å². The average Bonchev–Trinajstić information content (AvgIpc) is 2.96. The summed E-state index contributed by atoms with van der Waals surface area (Å²) in [7, 11) is 0. The Morgan fingerprint density at radius 2 is 1.58 bits per heavy atom. The number of hydrogen-bond donors (Lipinski definition) is 4. The van der Waals surface area contributed by atoms with Gasteiger partial charge in [-0.05, 0) is 72.1 Å². The van der Waals surface area contributed by atoms with E-state index in [1.807, 2.05) is 23.1 Å². The maximum atomic E-state index is 13.4. The molecule has 4 rings (SSSR count). The van der Waals surface area contributed by atoms with Crippen molar-refractivity contribution in [2.45, 2.75) is 38.8 Å². The fourth-order valence-corrected chi connectivity index (χ4v) is 5.04. The van der Waals surface area contributed by atoms with Crippen molar-refractivity contribution in [3.05, 3.63) is 112 Å². The zero-order valence-corrected chi connectivity index (χ0v) is 25.2. The lowest BCUT2D eigenvalue weighted by Gasteiger charge is -2.25. The van der Waals surface area contributed by atoms with Crippen molar-refractivity contribution in [2.75, 3.05) is 18.4 Å². The van der Waals surface area contributed by atoms with Gasteiger partial charge < -0.3 is 15.5 Å². The summed E-state index contributed by atoms with van der Waals surface area (Å²) < 4.78 is 39.6. The molecular weight excluding hydrogens is 609 g/mol. The second-order valence-electron chi connectivity index (χ2n) is 10.7. The van der Waals surface area contributed by atoms with Crippen LogP contribution in [0.2, 0.25) is 5.02 Å². The minimum atomic E-state index is -4.66. The second kappa shape index (κ2) is 14.7. The number of carbonyl (C=O) groups excluding carboxylic acids is 2. The number of hydrogen-bond acceptors (Lipinski definition) is 6. The quantitative estimate of drug-likeness (QED) is 0.117. The zero-order valence-electron chi connectivity index (χ0n) is 24.5. The molecule has 0 aliphatic heterocycles. The van der Waals surface area contributed by atoms with Gasteiger partial charge in [0.1, 0.15) is 0 Å². The van der Waals surface area contributed by atoms with Gasteiger partial charge in [0.25, 0.3) is 11.8 Å². The van der Waals surface area contributed by atoms with Crippen LogP contribution in [-0.2, 0) is 12.7 Å². The van der Waals surface area contributed by atoms with Crippen LogP contribution in [0, 0.1) is 0 Å². The van der Waals surface area contributed by atoms with Gasteiger partial charge in [-0.15, -0.1) is 0 Å². The second-order valence-corrected chi connectivity index (χ2v) is 11.1. The van der Waals surface area contributed by atoms with Crippen LogP contribution in [-0.4, -0.2) is 58.4 Å².